The first kappa shape index (κ1) is 11.6. The third-order valence-electron chi connectivity index (χ3n) is 2.29. The Morgan fingerprint density at radius 2 is 1.93 bits per heavy atom. The highest BCUT2D eigenvalue weighted by Crippen LogP contribution is 2.27. The van der Waals surface area contributed by atoms with E-state index in [1.807, 2.05) is 6.07 Å². The van der Waals surface area contributed by atoms with Gasteiger partial charge in [0.05, 0.1) is 10.6 Å². The topological polar surface area (TPSA) is 9.23 Å². The molecule has 0 amide bonds. The van der Waals surface area contributed by atoms with Crippen LogP contribution in [0.5, 0.6) is 5.75 Å². The van der Waals surface area contributed by atoms with Crippen LogP contribution >= 0.6 is 15.9 Å². The molecular weight excluding hydrogens is 240 g/mol. The third kappa shape index (κ3) is 3.02. The smallest absolute Gasteiger partial charge is 0.133 e. The number of benzene rings is 1. The van der Waals surface area contributed by atoms with Crippen molar-refractivity contribution in [3.05, 3.63) is 28.2 Å². The zero-order valence-electron chi connectivity index (χ0n) is 9.01. The van der Waals surface area contributed by atoms with Gasteiger partial charge in [0.15, 0.2) is 0 Å². The lowest BCUT2D eigenvalue weighted by Gasteiger charge is -2.16. The lowest BCUT2D eigenvalue weighted by molar-refractivity contribution is 0.191. The van der Waals surface area contributed by atoms with Gasteiger partial charge in [-0.1, -0.05) is 19.9 Å². The highest BCUT2D eigenvalue weighted by atomic mass is 79.9. The predicted octanol–water partition coefficient (Wildman–Crippen LogP) is 4.32. The van der Waals surface area contributed by atoms with E-state index in [0.717, 1.165) is 23.1 Å². The summed E-state index contributed by atoms with van der Waals surface area (Å²) in [5, 5.41) is 0. The Hall–Kier alpha value is -0.500. The quantitative estimate of drug-likeness (QED) is 0.780. The van der Waals surface area contributed by atoms with E-state index in [9.17, 15) is 0 Å². The maximum atomic E-state index is 5.85. The Kier molecular flexibility index (Phi) is 4.46. The Labute approximate surface area is 94.6 Å². The fraction of sp³-hybridized carbons (Fsp3) is 0.500. The molecule has 0 aliphatic rings. The minimum absolute atomic E-state index is 0.328. The van der Waals surface area contributed by atoms with E-state index >= 15 is 0 Å². The van der Waals surface area contributed by atoms with Crippen LogP contribution in [0.4, 0.5) is 0 Å². The van der Waals surface area contributed by atoms with Gasteiger partial charge in [0.25, 0.3) is 0 Å². The van der Waals surface area contributed by atoms with E-state index in [1.54, 1.807) is 0 Å². The summed E-state index contributed by atoms with van der Waals surface area (Å²) < 4.78 is 6.90. The minimum atomic E-state index is 0.328. The van der Waals surface area contributed by atoms with Crippen LogP contribution in [0.25, 0.3) is 0 Å². The number of aryl methyl sites for hydroxylation is 1. The Morgan fingerprint density at radius 3 is 2.43 bits per heavy atom. The van der Waals surface area contributed by atoms with Crippen molar-refractivity contribution in [3.63, 3.8) is 0 Å². The largest absolute Gasteiger partial charge is 0.489 e. The van der Waals surface area contributed by atoms with Gasteiger partial charge >= 0.3 is 0 Å². The first-order chi connectivity index (χ1) is 6.67. The number of hydrogen-bond acceptors (Lipinski definition) is 1. The molecular formula is C12H17BrO. The second-order valence-electron chi connectivity index (χ2n) is 3.49. The maximum Gasteiger partial charge on any atom is 0.133 e. The van der Waals surface area contributed by atoms with Crippen molar-refractivity contribution in [2.45, 2.75) is 39.7 Å². The van der Waals surface area contributed by atoms with E-state index < -0.39 is 0 Å². The second kappa shape index (κ2) is 5.40. The zero-order chi connectivity index (χ0) is 10.6. The lowest BCUT2D eigenvalue weighted by Crippen LogP contribution is -2.13. The van der Waals surface area contributed by atoms with Crippen molar-refractivity contribution in [1.82, 2.24) is 0 Å². The average Bonchev–Trinajstić information content (AvgIpc) is 2.17. The van der Waals surface area contributed by atoms with Crippen LogP contribution in [0.15, 0.2) is 22.7 Å². The van der Waals surface area contributed by atoms with Gasteiger partial charge in [-0.2, -0.15) is 0 Å². The number of rotatable bonds is 4. The maximum absolute atomic E-state index is 5.85. The molecule has 0 unspecified atom stereocenters. The van der Waals surface area contributed by atoms with Crippen molar-refractivity contribution < 1.29 is 4.74 Å². The van der Waals surface area contributed by atoms with Gasteiger partial charge in [-0.15, -0.1) is 0 Å². The van der Waals surface area contributed by atoms with Crippen molar-refractivity contribution >= 4 is 15.9 Å². The molecule has 0 radical (unpaired) electrons. The fourth-order valence-corrected chi connectivity index (χ4v) is 1.92. The van der Waals surface area contributed by atoms with Crippen LogP contribution in [-0.2, 0) is 0 Å². The summed E-state index contributed by atoms with van der Waals surface area (Å²) in [6, 6.07) is 6.18. The van der Waals surface area contributed by atoms with Gasteiger partial charge in [0.2, 0.25) is 0 Å². The standard InChI is InChI=1S/C12H17BrO/c1-4-10(5-2)14-12-7-6-9(3)8-11(12)13/h6-8,10H,4-5H2,1-3H3. The SMILES string of the molecule is CCC(CC)Oc1ccc(C)cc1Br. The summed E-state index contributed by atoms with van der Waals surface area (Å²) >= 11 is 3.51. The minimum Gasteiger partial charge on any atom is -0.489 e. The predicted molar refractivity (Wildman–Crippen MR) is 63.9 cm³/mol. The molecule has 0 N–H and O–H groups in total. The van der Waals surface area contributed by atoms with E-state index in [0.29, 0.717) is 6.10 Å². The van der Waals surface area contributed by atoms with Crippen molar-refractivity contribution in [1.29, 1.82) is 0 Å². The molecule has 0 spiro atoms. The Morgan fingerprint density at radius 1 is 1.29 bits per heavy atom. The molecule has 0 aliphatic carbocycles. The molecule has 1 nitrogen and oxygen atoms in total. The summed E-state index contributed by atoms with van der Waals surface area (Å²) in [7, 11) is 0. The van der Waals surface area contributed by atoms with Gasteiger partial charge in [0.1, 0.15) is 5.75 Å². The van der Waals surface area contributed by atoms with Crippen LogP contribution in [0.3, 0.4) is 0 Å². The molecule has 78 valence electrons. The normalized spacial score (nSPS) is 10.6. The van der Waals surface area contributed by atoms with Crippen molar-refractivity contribution in [3.8, 4) is 5.75 Å². The van der Waals surface area contributed by atoms with E-state index in [1.165, 1.54) is 5.56 Å². The summed E-state index contributed by atoms with van der Waals surface area (Å²) in [5.41, 5.74) is 1.24. The summed E-state index contributed by atoms with van der Waals surface area (Å²) in [4.78, 5) is 0. The molecule has 2 heteroatoms. The Balaban J connectivity index is 2.76. The molecule has 0 saturated heterocycles. The molecule has 0 bridgehead atoms. The van der Waals surface area contributed by atoms with E-state index in [4.69, 9.17) is 4.74 Å². The molecule has 0 fully saturated rings. The summed E-state index contributed by atoms with van der Waals surface area (Å²) in [5.74, 6) is 0.948. The molecule has 0 heterocycles. The highest BCUT2D eigenvalue weighted by molar-refractivity contribution is 9.10. The third-order valence-corrected chi connectivity index (χ3v) is 2.91. The molecule has 0 aliphatic heterocycles. The lowest BCUT2D eigenvalue weighted by atomic mass is 10.2. The molecule has 0 atom stereocenters. The van der Waals surface area contributed by atoms with Gasteiger partial charge in [-0.05, 0) is 53.4 Å². The number of ether oxygens (including phenoxy) is 1. The Bertz CT molecular complexity index is 292. The van der Waals surface area contributed by atoms with Gasteiger partial charge in [-0.25, -0.2) is 0 Å². The van der Waals surface area contributed by atoms with Crippen LogP contribution in [0.2, 0.25) is 0 Å². The fourth-order valence-electron chi connectivity index (χ4n) is 1.34. The first-order valence-corrected chi connectivity index (χ1v) is 5.89. The van der Waals surface area contributed by atoms with Gasteiger partial charge < -0.3 is 4.74 Å². The highest BCUT2D eigenvalue weighted by Gasteiger charge is 2.07. The van der Waals surface area contributed by atoms with Gasteiger partial charge in [-0.3, -0.25) is 0 Å². The van der Waals surface area contributed by atoms with Crippen LogP contribution in [0, 0.1) is 6.92 Å². The van der Waals surface area contributed by atoms with Crippen molar-refractivity contribution in [2.75, 3.05) is 0 Å². The zero-order valence-corrected chi connectivity index (χ0v) is 10.6. The van der Waals surface area contributed by atoms with Crippen LogP contribution in [-0.4, -0.2) is 6.10 Å². The van der Waals surface area contributed by atoms with Crippen LogP contribution < -0.4 is 4.74 Å². The van der Waals surface area contributed by atoms with Crippen molar-refractivity contribution in [2.24, 2.45) is 0 Å². The molecule has 1 aromatic rings. The molecule has 0 aromatic heterocycles. The molecule has 14 heavy (non-hydrogen) atoms. The average molecular weight is 257 g/mol. The van der Waals surface area contributed by atoms with Crippen LogP contribution in [0.1, 0.15) is 32.3 Å². The summed E-state index contributed by atoms with van der Waals surface area (Å²) in [6.45, 7) is 6.37. The number of hydrogen-bond donors (Lipinski definition) is 0. The number of halogens is 1. The first-order valence-electron chi connectivity index (χ1n) is 5.10. The van der Waals surface area contributed by atoms with E-state index in [-0.39, 0.29) is 0 Å². The van der Waals surface area contributed by atoms with E-state index in [2.05, 4.69) is 48.8 Å². The monoisotopic (exact) mass is 256 g/mol. The molecule has 1 rings (SSSR count). The second-order valence-corrected chi connectivity index (χ2v) is 4.34. The van der Waals surface area contributed by atoms with Gasteiger partial charge in [0, 0.05) is 0 Å². The summed E-state index contributed by atoms with van der Waals surface area (Å²) in [6.07, 6.45) is 2.43. The molecule has 0 saturated carbocycles. The molecule has 1 aromatic carbocycles.